The van der Waals surface area contributed by atoms with Crippen LogP contribution in [0, 0.1) is 31.5 Å². The monoisotopic (exact) mass is 507 g/mol. The molecule has 0 unspecified atom stereocenters. The lowest BCUT2D eigenvalue weighted by Gasteiger charge is -2.28. The minimum atomic E-state index is -0.518. The number of piperidine rings is 1. The first-order chi connectivity index (χ1) is 17.4. The molecule has 1 aliphatic carbocycles. The second kappa shape index (κ2) is 8.97. The van der Waals surface area contributed by atoms with Crippen LogP contribution in [0.5, 0.6) is 5.75 Å². The Balaban J connectivity index is 1.22. The van der Waals surface area contributed by atoms with Crippen LogP contribution in [0.1, 0.15) is 43.4 Å². The maximum Gasteiger partial charge on any atom is 0.274 e. The van der Waals surface area contributed by atoms with Gasteiger partial charge in [0.15, 0.2) is 6.79 Å². The number of nitrogens with one attached hydrogen (secondary N) is 1. The molecule has 3 aliphatic rings. The van der Waals surface area contributed by atoms with E-state index >= 15 is 0 Å². The molecular formula is C27H26FN3O4S. The van der Waals surface area contributed by atoms with Crippen LogP contribution in [0.25, 0.3) is 10.4 Å². The smallest absolute Gasteiger partial charge is 0.274 e. The van der Waals surface area contributed by atoms with Crippen molar-refractivity contribution in [1.29, 1.82) is 0 Å². The lowest BCUT2D eigenvalue weighted by molar-refractivity contribution is -0.0170. The molecule has 0 spiro atoms. The highest BCUT2D eigenvalue weighted by molar-refractivity contribution is 7.15. The quantitative estimate of drug-likeness (QED) is 0.556. The van der Waals surface area contributed by atoms with Crippen LogP contribution in [0.2, 0.25) is 0 Å². The van der Waals surface area contributed by atoms with E-state index in [0.29, 0.717) is 35.4 Å². The first-order valence-electron chi connectivity index (χ1n) is 12.1. The second-order valence-corrected chi connectivity index (χ2v) is 10.9. The summed E-state index contributed by atoms with van der Waals surface area (Å²) < 4.78 is 24.8. The average Bonchev–Trinajstić information content (AvgIpc) is 3.38. The van der Waals surface area contributed by atoms with Crippen molar-refractivity contribution >= 4 is 23.2 Å². The normalized spacial score (nSPS) is 22.0. The number of nitrogens with zero attached hydrogens (tertiary/aromatic N) is 2. The number of thiazole rings is 1. The number of aromatic nitrogens is 1. The molecule has 36 heavy (non-hydrogen) atoms. The second-order valence-electron chi connectivity index (χ2n) is 9.73. The van der Waals surface area contributed by atoms with Gasteiger partial charge in [-0.25, -0.2) is 9.37 Å². The molecule has 2 amide bonds. The van der Waals surface area contributed by atoms with E-state index < -0.39 is 11.7 Å². The molecule has 1 saturated heterocycles. The van der Waals surface area contributed by atoms with Crippen molar-refractivity contribution in [2.24, 2.45) is 11.8 Å². The number of likely N-dealkylation sites (tertiary alicyclic amines) is 1. The summed E-state index contributed by atoms with van der Waals surface area (Å²) in [7, 11) is 0. The van der Waals surface area contributed by atoms with Crippen molar-refractivity contribution in [2.75, 3.05) is 19.9 Å². The van der Waals surface area contributed by atoms with Crippen molar-refractivity contribution in [1.82, 2.24) is 15.2 Å². The Hall–Kier alpha value is -3.30. The standard InChI is InChI=1S/C27H26FN3O4S/c1-14-4-3-5-16(6-14)25-23(30-15(2)36-25)27(33)31-11-17-8-20(17)22(31)10-29-26(32)21-9-19(28)7-18-12-34-13-35-24(18)21/h3-7,9,17,20,22H,8,10-13H2,1-2H3,(H,29,32)/t17-,20-,22+/m0/s1. The van der Waals surface area contributed by atoms with E-state index in [4.69, 9.17) is 9.47 Å². The zero-order chi connectivity index (χ0) is 25.0. The molecule has 1 saturated carbocycles. The Labute approximate surface area is 212 Å². The maximum absolute atomic E-state index is 14.1. The molecule has 0 radical (unpaired) electrons. The van der Waals surface area contributed by atoms with Crippen molar-refractivity contribution in [3.05, 3.63) is 69.6 Å². The van der Waals surface area contributed by atoms with Gasteiger partial charge in [-0.3, -0.25) is 9.59 Å². The highest BCUT2D eigenvalue weighted by Crippen LogP contribution is 2.50. The van der Waals surface area contributed by atoms with E-state index in [9.17, 15) is 14.0 Å². The highest BCUT2D eigenvalue weighted by Gasteiger charge is 2.54. The van der Waals surface area contributed by atoms with E-state index in [1.807, 2.05) is 36.9 Å². The predicted octanol–water partition coefficient (Wildman–Crippen LogP) is 4.32. The first-order valence-corrected chi connectivity index (χ1v) is 12.9. The lowest BCUT2D eigenvalue weighted by atomic mass is 10.1. The summed E-state index contributed by atoms with van der Waals surface area (Å²) in [6.45, 7) is 5.09. The van der Waals surface area contributed by atoms with E-state index in [1.165, 1.54) is 23.5 Å². The van der Waals surface area contributed by atoms with Crippen LogP contribution >= 0.6 is 11.3 Å². The summed E-state index contributed by atoms with van der Waals surface area (Å²) in [5.74, 6) is 0.1000. The Bertz CT molecular complexity index is 1370. The van der Waals surface area contributed by atoms with Gasteiger partial charge in [0.2, 0.25) is 0 Å². The van der Waals surface area contributed by atoms with Gasteiger partial charge >= 0.3 is 0 Å². The predicted molar refractivity (Wildman–Crippen MR) is 132 cm³/mol. The molecule has 6 rings (SSSR count). The summed E-state index contributed by atoms with van der Waals surface area (Å²) in [6.07, 6.45) is 1.04. The summed E-state index contributed by atoms with van der Waals surface area (Å²) in [4.78, 5) is 34.1. The Kier molecular flexibility index (Phi) is 5.76. The van der Waals surface area contributed by atoms with E-state index in [2.05, 4.69) is 16.4 Å². The van der Waals surface area contributed by atoms with Crippen molar-refractivity contribution < 1.29 is 23.5 Å². The molecule has 9 heteroatoms. The van der Waals surface area contributed by atoms with E-state index in [0.717, 1.165) is 27.4 Å². The Morgan fingerprint density at radius 2 is 2.11 bits per heavy atom. The summed E-state index contributed by atoms with van der Waals surface area (Å²) in [5.41, 5.74) is 3.23. The Morgan fingerprint density at radius 1 is 1.25 bits per heavy atom. The van der Waals surface area contributed by atoms with Crippen molar-refractivity contribution in [2.45, 2.75) is 32.9 Å². The maximum atomic E-state index is 14.1. The minimum absolute atomic E-state index is 0.0178. The minimum Gasteiger partial charge on any atom is -0.466 e. The summed E-state index contributed by atoms with van der Waals surface area (Å²) in [5, 5.41) is 3.77. The van der Waals surface area contributed by atoms with Gasteiger partial charge < -0.3 is 19.7 Å². The van der Waals surface area contributed by atoms with Gasteiger partial charge in [-0.2, -0.15) is 0 Å². The zero-order valence-corrected chi connectivity index (χ0v) is 20.9. The molecule has 3 atom stereocenters. The SMILES string of the molecule is Cc1cccc(-c2sc(C)nc2C(=O)N2C[C@@H]3C[C@@H]3[C@H]2CNC(=O)c2cc(F)cc3c2OCOC3)c1. The lowest BCUT2D eigenvalue weighted by Crippen LogP contribution is -2.46. The molecule has 186 valence electrons. The number of amides is 2. The van der Waals surface area contributed by atoms with Crippen LogP contribution in [0.15, 0.2) is 36.4 Å². The number of aryl methyl sites for hydroxylation is 2. The van der Waals surface area contributed by atoms with Gasteiger partial charge in [0.05, 0.1) is 28.1 Å². The van der Waals surface area contributed by atoms with Gasteiger partial charge in [0.25, 0.3) is 11.8 Å². The fraction of sp³-hybridized carbons (Fsp3) is 0.370. The topological polar surface area (TPSA) is 80.8 Å². The molecule has 2 fully saturated rings. The average molecular weight is 508 g/mol. The molecule has 2 aromatic carbocycles. The Morgan fingerprint density at radius 3 is 2.94 bits per heavy atom. The number of carbonyl (C=O) groups excluding carboxylic acids is 2. The number of hydrogen-bond donors (Lipinski definition) is 1. The number of benzene rings is 2. The number of carbonyl (C=O) groups is 2. The molecule has 2 aliphatic heterocycles. The highest BCUT2D eigenvalue weighted by atomic mass is 32.1. The number of halogens is 1. The number of rotatable bonds is 5. The molecule has 7 nitrogen and oxygen atoms in total. The fourth-order valence-electron chi connectivity index (χ4n) is 5.40. The third kappa shape index (κ3) is 4.16. The summed E-state index contributed by atoms with van der Waals surface area (Å²) >= 11 is 1.52. The van der Waals surface area contributed by atoms with E-state index in [-0.39, 0.29) is 37.5 Å². The number of hydrogen-bond acceptors (Lipinski definition) is 6. The van der Waals surface area contributed by atoms with Crippen LogP contribution in [0.4, 0.5) is 4.39 Å². The zero-order valence-electron chi connectivity index (χ0n) is 20.0. The van der Waals surface area contributed by atoms with Crippen LogP contribution in [0.3, 0.4) is 0 Å². The van der Waals surface area contributed by atoms with Crippen LogP contribution < -0.4 is 10.1 Å². The molecular weight excluding hydrogens is 481 g/mol. The van der Waals surface area contributed by atoms with Crippen molar-refractivity contribution in [3.8, 4) is 16.2 Å². The molecule has 3 heterocycles. The summed E-state index contributed by atoms with van der Waals surface area (Å²) in [6, 6.07) is 10.4. The third-order valence-electron chi connectivity index (χ3n) is 7.17. The van der Waals surface area contributed by atoms with Crippen molar-refractivity contribution in [3.63, 3.8) is 0 Å². The molecule has 1 N–H and O–H groups in total. The molecule has 0 bridgehead atoms. The first kappa shape index (κ1) is 23.1. The van der Waals surface area contributed by atoms with Crippen LogP contribution in [-0.4, -0.2) is 47.6 Å². The van der Waals surface area contributed by atoms with Gasteiger partial charge in [-0.05, 0) is 49.8 Å². The van der Waals surface area contributed by atoms with Gasteiger partial charge in [-0.1, -0.05) is 29.8 Å². The van der Waals surface area contributed by atoms with Gasteiger partial charge in [0.1, 0.15) is 17.3 Å². The largest absolute Gasteiger partial charge is 0.466 e. The molecule has 1 aromatic heterocycles. The number of fused-ring (bicyclic) bond motifs is 2. The fourth-order valence-corrected chi connectivity index (χ4v) is 6.30. The third-order valence-corrected chi connectivity index (χ3v) is 8.19. The number of ether oxygens (including phenoxy) is 2. The molecule has 3 aromatic rings. The van der Waals surface area contributed by atoms with Gasteiger partial charge in [0, 0.05) is 18.7 Å². The van der Waals surface area contributed by atoms with Gasteiger partial charge in [-0.15, -0.1) is 11.3 Å². The van der Waals surface area contributed by atoms with E-state index in [1.54, 1.807) is 0 Å². The van der Waals surface area contributed by atoms with Crippen LogP contribution in [-0.2, 0) is 11.3 Å².